The van der Waals surface area contributed by atoms with Gasteiger partial charge in [0.05, 0.1) is 0 Å². The van der Waals surface area contributed by atoms with E-state index in [9.17, 15) is 9.90 Å². The molecule has 2 fully saturated rings. The van der Waals surface area contributed by atoms with Gasteiger partial charge in [-0.25, -0.2) is 0 Å². The fourth-order valence-corrected chi connectivity index (χ4v) is 5.43. The number of rotatable bonds is 2. The number of phenols is 1. The Balaban J connectivity index is 1.71. The topological polar surface area (TPSA) is 49.3 Å². The molecule has 132 valence electrons. The molecule has 4 heteroatoms. The highest BCUT2D eigenvalue weighted by atomic mass is 35.5. The maximum atomic E-state index is 12.2. The monoisotopic (exact) mass is 357 g/mol. The van der Waals surface area contributed by atoms with Crippen LogP contribution in [0.5, 0.6) is 5.75 Å². The predicted molar refractivity (Wildman–Crippen MR) is 99.6 cm³/mol. The molecule has 2 N–H and O–H groups in total. The van der Waals surface area contributed by atoms with E-state index < -0.39 is 0 Å². The van der Waals surface area contributed by atoms with Crippen LogP contribution in [0.4, 0.5) is 0 Å². The molecule has 1 aromatic rings. The molecule has 25 heavy (non-hydrogen) atoms. The van der Waals surface area contributed by atoms with E-state index in [4.69, 9.17) is 11.6 Å². The number of hydrogen-bond donors (Lipinski definition) is 2. The molecule has 1 amide bonds. The largest absolute Gasteiger partial charge is 0.508 e. The van der Waals surface area contributed by atoms with Crippen LogP contribution >= 0.6 is 11.6 Å². The van der Waals surface area contributed by atoms with Crippen LogP contribution in [0, 0.1) is 23.7 Å². The third-order valence-corrected chi connectivity index (χ3v) is 6.64. The highest BCUT2D eigenvalue weighted by molar-refractivity contribution is 6.31. The van der Waals surface area contributed by atoms with Gasteiger partial charge in [-0.1, -0.05) is 41.5 Å². The molecule has 3 aliphatic rings. The van der Waals surface area contributed by atoms with Crippen molar-refractivity contribution in [3.8, 4) is 5.75 Å². The van der Waals surface area contributed by atoms with Crippen LogP contribution in [0.1, 0.15) is 37.7 Å². The summed E-state index contributed by atoms with van der Waals surface area (Å²) in [6, 6.07) is 5.33. The van der Waals surface area contributed by atoms with E-state index >= 15 is 0 Å². The molecule has 1 saturated heterocycles. The minimum atomic E-state index is 0.137. The summed E-state index contributed by atoms with van der Waals surface area (Å²) in [5.41, 5.74) is 2.42. The smallest absolute Gasteiger partial charge is 0.223 e. The van der Waals surface area contributed by atoms with Crippen LogP contribution in [0.25, 0.3) is 0 Å². The van der Waals surface area contributed by atoms with Gasteiger partial charge in [-0.2, -0.15) is 0 Å². The van der Waals surface area contributed by atoms with E-state index in [2.05, 4.69) is 30.5 Å². The number of nitrogens with one attached hydrogen (secondary N) is 1. The highest BCUT2D eigenvalue weighted by Crippen LogP contribution is 2.52. The number of fused-ring (bicyclic) bond motifs is 1. The van der Waals surface area contributed by atoms with E-state index in [1.807, 2.05) is 6.07 Å². The van der Waals surface area contributed by atoms with Gasteiger partial charge in [0, 0.05) is 17.5 Å². The molecule has 2 aliphatic carbocycles. The number of amides is 1. The standard InChI is InChI=1S/C21H24ClNO2/c1-12-2-4-13(5-3-12)20-16(15-7-6-14(24)10-19(15)22)8-9-17-18(20)11-23-21(17)25/h2-4,6-7,10,13,16-18,20,24H,5,8-9,11H2,1H3,(H,23,25). The van der Waals surface area contributed by atoms with Crippen LogP contribution in [-0.4, -0.2) is 17.6 Å². The Kier molecular flexibility index (Phi) is 4.36. The second-order valence-electron chi connectivity index (χ2n) is 7.69. The van der Waals surface area contributed by atoms with Crippen molar-refractivity contribution < 1.29 is 9.90 Å². The van der Waals surface area contributed by atoms with Crippen LogP contribution < -0.4 is 5.32 Å². The molecule has 1 aromatic carbocycles. The first-order chi connectivity index (χ1) is 12.0. The zero-order chi connectivity index (χ0) is 17.6. The molecule has 0 radical (unpaired) electrons. The molecule has 4 rings (SSSR count). The first kappa shape index (κ1) is 16.7. The molecule has 1 heterocycles. The lowest BCUT2D eigenvalue weighted by Crippen LogP contribution is -2.38. The van der Waals surface area contributed by atoms with Crippen LogP contribution in [0.15, 0.2) is 42.0 Å². The quantitative estimate of drug-likeness (QED) is 0.822. The molecule has 5 unspecified atom stereocenters. The second-order valence-corrected chi connectivity index (χ2v) is 8.10. The fourth-order valence-electron chi connectivity index (χ4n) is 5.11. The van der Waals surface area contributed by atoms with Crippen LogP contribution in [-0.2, 0) is 4.79 Å². The number of carbonyl (C=O) groups is 1. The third-order valence-electron chi connectivity index (χ3n) is 6.31. The summed E-state index contributed by atoms with van der Waals surface area (Å²) in [7, 11) is 0. The lowest BCUT2D eigenvalue weighted by atomic mass is 9.60. The number of benzene rings is 1. The summed E-state index contributed by atoms with van der Waals surface area (Å²) in [4.78, 5) is 12.2. The third kappa shape index (κ3) is 2.99. The lowest BCUT2D eigenvalue weighted by Gasteiger charge is -2.43. The number of aromatic hydroxyl groups is 1. The van der Waals surface area contributed by atoms with Gasteiger partial charge in [0.2, 0.25) is 5.91 Å². The van der Waals surface area contributed by atoms with Gasteiger partial charge >= 0.3 is 0 Å². The second kappa shape index (κ2) is 6.53. The average molecular weight is 358 g/mol. The van der Waals surface area contributed by atoms with E-state index in [1.54, 1.807) is 12.1 Å². The SMILES string of the molecule is CC1=CCC(C2C(c3ccc(O)cc3Cl)CCC3C(=O)NCC32)C=C1. The Hall–Kier alpha value is -1.74. The summed E-state index contributed by atoms with van der Waals surface area (Å²) in [6.07, 6.45) is 9.74. The van der Waals surface area contributed by atoms with Crippen molar-refractivity contribution in [2.75, 3.05) is 6.54 Å². The van der Waals surface area contributed by atoms with Crippen molar-refractivity contribution in [2.45, 2.75) is 32.1 Å². The minimum absolute atomic E-state index is 0.137. The summed E-state index contributed by atoms with van der Waals surface area (Å²) >= 11 is 6.49. The molecule has 0 aromatic heterocycles. The van der Waals surface area contributed by atoms with Crippen molar-refractivity contribution in [3.05, 3.63) is 52.6 Å². The zero-order valence-corrected chi connectivity index (χ0v) is 15.2. The van der Waals surface area contributed by atoms with E-state index in [-0.39, 0.29) is 17.6 Å². The maximum Gasteiger partial charge on any atom is 0.223 e. The average Bonchev–Trinajstić information content (AvgIpc) is 2.97. The van der Waals surface area contributed by atoms with Crippen molar-refractivity contribution in [1.29, 1.82) is 0 Å². The normalized spacial score (nSPS) is 34.4. The van der Waals surface area contributed by atoms with Crippen molar-refractivity contribution in [3.63, 3.8) is 0 Å². The number of carbonyl (C=O) groups excluding carboxylic acids is 1. The maximum absolute atomic E-state index is 12.2. The number of phenolic OH excluding ortho intramolecular Hbond substituents is 1. The van der Waals surface area contributed by atoms with Crippen molar-refractivity contribution >= 4 is 17.5 Å². The molecular weight excluding hydrogens is 334 g/mol. The predicted octanol–water partition coefficient (Wildman–Crippen LogP) is 4.42. The van der Waals surface area contributed by atoms with Crippen molar-refractivity contribution in [1.82, 2.24) is 5.32 Å². The summed E-state index contributed by atoms with van der Waals surface area (Å²) in [5.74, 6) is 2.06. The number of hydrogen-bond acceptors (Lipinski definition) is 2. The lowest BCUT2D eigenvalue weighted by molar-refractivity contribution is -0.124. The summed E-state index contributed by atoms with van der Waals surface area (Å²) < 4.78 is 0. The van der Waals surface area contributed by atoms with Gasteiger partial charge in [0.25, 0.3) is 0 Å². The molecule has 0 spiro atoms. The molecule has 1 saturated carbocycles. The summed E-state index contributed by atoms with van der Waals surface area (Å²) in [5, 5.41) is 13.4. The first-order valence-corrected chi connectivity index (χ1v) is 9.53. The van der Waals surface area contributed by atoms with E-state index in [1.165, 1.54) is 5.57 Å². The molecule has 1 aliphatic heterocycles. The Bertz CT molecular complexity index is 754. The van der Waals surface area contributed by atoms with Gasteiger partial charge in [-0.05, 0) is 67.6 Å². The zero-order valence-electron chi connectivity index (χ0n) is 14.4. The van der Waals surface area contributed by atoms with Crippen molar-refractivity contribution in [2.24, 2.45) is 23.7 Å². The molecule has 5 atom stereocenters. The van der Waals surface area contributed by atoms with E-state index in [0.717, 1.165) is 31.4 Å². The number of allylic oxidation sites excluding steroid dienone is 4. The fraction of sp³-hybridized carbons (Fsp3) is 0.476. The Morgan fingerprint density at radius 2 is 2.04 bits per heavy atom. The summed E-state index contributed by atoms with van der Waals surface area (Å²) in [6.45, 7) is 2.90. The van der Waals surface area contributed by atoms with Crippen LogP contribution in [0.2, 0.25) is 5.02 Å². The molecule has 0 bridgehead atoms. The Labute approximate surface area is 153 Å². The van der Waals surface area contributed by atoms with Gasteiger partial charge in [-0.15, -0.1) is 0 Å². The van der Waals surface area contributed by atoms with Crippen LogP contribution in [0.3, 0.4) is 0 Å². The Morgan fingerprint density at radius 3 is 2.76 bits per heavy atom. The highest BCUT2D eigenvalue weighted by Gasteiger charge is 2.48. The Morgan fingerprint density at radius 1 is 1.24 bits per heavy atom. The van der Waals surface area contributed by atoms with E-state index in [0.29, 0.717) is 28.7 Å². The minimum Gasteiger partial charge on any atom is -0.508 e. The van der Waals surface area contributed by atoms with Gasteiger partial charge < -0.3 is 10.4 Å². The molecular formula is C21H24ClNO2. The van der Waals surface area contributed by atoms with Gasteiger partial charge in [-0.3, -0.25) is 4.79 Å². The number of halogens is 1. The van der Waals surface area contributed by atoms with Gasteiger partial charge in [0.1, 0.15) is 5.75 Å². The first-order valence-electron chi connectivity index (χ1n) is 9.15. The molecule has 3 nitrogen and oxygen atoms in total. The van der Waals surface area contributed by atoms with Gasteiger partial charge in [0.15, 0.2) is 0 Å².